The molecule has 374 valence electrons. The van der Waals surface area contributed by atoms with E-state index in [0.29, 0.717) is 19.3 Å². The third-order valence-electron chi connectivity index (χ3n) is 13.3. The summed E-state index contributed by atoms with van der Waals surface area (Å²) in [5.41, 5.74) is 0. The van der Waals surface area contributed by atoms with Crippen LogP contribution in [-0.2, 0) is 14.3 Å². The van der Waals surface area contributed by atoms with E-state index in [9.17, 15) is 19.8 Å². The van der Waals surface area contributed by atoms with E-state index in [1.807, 2.05) is 0 Å². The minimum Gasteiger partial charge on any atom is -0.462 e. The maximum absolute atomic E-state index is 13.2. The number of aliphatic hydroxyl groups excluding tert-OH is 2. The SMILES string of the molecule is CCCCCCCCCCC/C=C/CCCCCC(CC(=O)NC(CO)C(O)CCCCCCCCCCCCCCCCCCC)OC(=O)CCCCCCCCCCCCC. The van der Waals surface area contributed by atoms with Crippen LogP contribution in [0.5, 0.6) is 0 Å². The summed E-state index contributed by atoms with van der Waals surface area (Å²) >= 11 is 0. The number of aliphatic hydroxyl groups is 2. The minimum absolute atomic E-state index is 0.0744. The van der Waals surface area contributed by atoms with E-state index in [-0.39, 0.29) is 24.9 Å². The van der Waals surface area contributed by atoms with Crippen molar-refractivity contribution in [2.75, 3.05) is 6.61 Å². The second kappa shape index (κ2) is 51.6. The van der Waals surface area contributed by atoms with E-state index < -0.39 is 18.2 Å². The van der Waals surface area contributed by atoms with Gasteiger partial charge in [-0.3, -0.25) is 9.59 Å². The molecule has 3 atom stereocenters. The smallest absolute Gasteiger partial charge is 0.306 e. The first-order valence-corrected chi connectivity index (χ1v) is 28.4. The first-order chi connectivity index (χ1) is 31.0. The Balaban J connectivity index is 4.48. The molecule has 0 rings (SSSR count). The Labute approximate surface area is 393 Å². The monoisotopic (exact) mass is 890 g/mol. The molecule has 0 aliphatic heterocycles. The van der Waals surface area contributed by atoms with Crippen molar-refractivity contribution in [2.45, 2.75) is 334 Å². The Morgan fingerprint density at radius 3 is 1.14 bits per heavy atom. The van der Waals surface area contributed by atoms with Gasteiger partial charge in [-0.2, -0.15) is 0 Å². The van der Waals surface area contributed by atoms with E-state index in [4.69, 9.17) is 4.74 Å². The van der Waals surface area contributed by atoms with Crippen LogP contribution in [0.4, 0.5) is 0 Å². The predicted molar refractivity (Wildman–Crippen MR) is 273 cm³/mol. The zero-order valence-electron chi connectivity index (χ0n) is 42.7. The number of rotatable bonds is 52. The van der Waals surface area contributed by atoms with Crippen molar-refractivity contribution in [3.63, 3.8) is 0 Å². The number of nitrogens with one attached hydrogen (secondary N) is 1. The summed E-state index contributed by atoms with van der Waals surface area (Å²) in [7, 11) is 0. The quantitative estimate of drug-likeness (QED) is 0.0321. The first kappa shape index (κ1) is 61.6. The molecule has 0 aromatic heterocycles. The molecular formula is C57H111NO5. The summed E-state index contributed by atoms with van der Waals surface area (Å²) in [6.07, 6.45) is 58.5. The lowest BCUT2D eigenvalue weighted by Crippen LogP contribution is -2.46. The Kier molecular flexibility index (Phi) is 50.4. The molecule has 3 N–H and O–H groups in total. The predicted octanol–water partition coefficient (Wildman–Crippen LogP) is 17.3. The van der Waals surface area contributed by atoms with Gasteiger partial charge in [0.25, 0.3) is 0 Å². The van der Waals surface area contributed by atoms with Gasteiger partial charge in [0.15, 0.2) is 0 Å². The van der Waals surface area contributed by atoms with Crippen LogP contribution in [-0.4, -0.2) is 46.9 Å². The average molecular weight is 891 g/mol. The molecule has 3 unspecified atom stereocenters. The summed E-state index contributed by atoms with van der Waals surface area (Å²) in [6, 6.07) is -0.700. The van der Waals surface area contributed by atoms with Gasteiger partial charge in [-0.1, -0.05) is 264 Å². The number of amides is 1. The number of hydrogen-bond donors (Lipinski definition) is 3. The van der Waals surface area contributed by atoms with Gasteiger partial charge >= 0.3 is 5.97 Å². The van der Waals surface area contributed by atoms with Crippen LogP contribution in [0.1, 0.15) is 316 Å². The Morgan fingerprint density at radius 2 is 0.762 bits per heavy atom. The van der Waals surface area contributed by atoms with E-state index in [2.05, 4.69) is 38.2 Å². The molecule has 0 saturated heterocycles. The topological polar surface area (TPSA) is 95.9 Å². The molecule has 0 bridgehead atoms. The molecule has 6 heteroatoms. The molecule has 0 spiro atoms. The third-order valence-corrected chi connectivity index (χ3v) is 13.3. The van der Waals surface area contributed by atoms with Crippen LogP contribution in [0, 0.1) is 0 Å². The molecule has 0 fully saturated rings. The van der Waals surface area contributed by atoms with Gasteiger partial charge in [0.1, 0.15) is 6.10 Å². The lowest BCUT2D eigenvalue weighted by molar-refractivity contribution is -0.151. The highest BCUT2D eigenvalue weighted by Gasteiger charge is 2.24. The van der Waals surface area contributed by atoms with Gasteiger partial charge in [0.2, 0.25) is 5.91 Å². The number of hydrogen-bond acceptors (Lipinski definition) is 5. The van der Waals surface area contributed by atoms with Crippen LogP contribution >= 0.6 is 0 Å². The van der Waals surface area contributed by atoms with Crippen molar-refractivity contribution in [3.8, 4) is 0 Å². The van der Waals surface area contributed by atoms with Crippen LogP contribution in [0.25, 0.3) is 0 Å². The summed E-state index contributed by atoms with van der Waals surface area (Å²) in [5, 5.41) is 23.9. The summed E-state index contributed by atoms with van der Waals surface area (Å²) in [4.78, 5) is 26.2. The number of carbonyl (C=O) groups excluding carboxylic acids is 2. The second-order valence-corrected chi connectivity index (χ2v) is 19.7. The first-order valence-electron chi connectivity index (χ1n) is 28.4. The van der Waals surface area contributed by atoms with Gasteiger partial charge in [0, 0.05) is 6.42 Å². The molecule has 6 nitrogen and oxygen atoms in total. The molecule has 0 aromatic carbocycles. The fourth-order valence-electron chi connectivity index (χ4n) is 9.02. The highest BCUT2D eigenvalue weighted by Crippen LogP contribution is 2.19. The van der Waals surface area contributed by atoms with Gasteiger partial charge < -0.3 is 20.3 Å². The van der Waals surface area contributed by atoms with Crippen molar-refractivity contribution in [2.24, 2.45) is 0 Å². The third kappa shape index (κ3) is 46.9. The molecular weight excluding hydrogens is 779 g/mol. The molecule has 0 aliphatic carbocycles. The fourth-order valence-corrected chi connectivity index (χ4v) is 9.02. The lowest BCUT2D eigenvalue weighted by atomic mass is 10.0. The normalized spacial score (nSPS) is 13.2. The van der Waals surface area contributed by atoms with Crippen LogP contribution < -0.4 is 5.32 Å². The molecule has 0 heterocycles. The zero-order valence-corrected chi connectivity index (χ0v) is 42.7. The number of ether oxygens (including phenoxy) is 1. The van der Waals surface area contributed by atoms with Crippen molar-refractivity contribution in [1.82, 2.24) is 5.32 Å². The largest absolute Gasteiger partial charge is 0.462 e. The molecule has 0 aliphatic rings. The molecule has 0 aromatic rings. The molecule has 63 heavy (non-hydrogen) atoms. The highest BCUT2D eigenvalue weighted by molar-refractivity contribution is 5.77. The van der Waals surface area contributed by atoms with E-state index in [1.54, 1.807) is 0 Å². The maximum atomic E-state index is 13.2. The summed E-state index contributed by atoms with van der Waals surface area (Å²) in [6.45, 7) is 6.51. The van der Waals surface area contributed by atoms with Crippen LogP contribution in [0.15, 0.2) is 12.2 Å². The summed E-state index contributed by atoms with van der Waals surface area (Å²) < 4.78 is 5.94. The van der Waals surface area contributed by atoms with Gasteiger partial charge in [-0.05, 0) is 51.4 Å². The Hall–Kier alpha value is -1.40. The van der Waals surface area contributed by atoms with E-state index >= 15 is 0 Å². The van der Waals surface area contributed by atoms with Crippen molar-refractivity contribution < 1.29 is 24.5 Å². The van der Waals surface area contributed by atoms with Crippen LogP contribution in [0.2, 0.25) is 0 Å². The standard InChI is InChI=1S/C57H111NO5/c1-4-7-10-13-16-19-22-24-26-28-30-32-35-37-40-43-46-49-55(60)54(52-59)58-56(61)51-53(63-57(62)50-47-44-41-38-33-21-18-15-12-9-6-3)48-45-42-39-36-34-31-29-27-25-23-20-17-14-11-8-5-2/h31,34,53-55,59-60H,4-30,32-33,35-52H2,1-3H3,(H,58,61)/b34-31+. The van der Waals surface area contributed by atoms with Crippen molar-refractivity contribution in [3.05, 3.63) is 12.2 Å². The summed E-state index contributed by atoms with van der Waals surface area (Å²) in [5.74, 6) is -0.469. The zero-order chi connectivity index (χ0) is 45.9. The van der Waals surface area contributed by atoms with Gasteiger partial charge in [-0.25, -0.2) is 0 Å². The van der Waals surface area contributed by atoms with Gasteiger partial charge in [0.05, 0.1) is 25.2 Å². The minimum atomic E-state index is -0.786. The number of esters is 1. The molecule has 0 saturated carbocycles. The second-order valence-electron chi connectivity index (χ2n) is 19.7. The molecule has 0 radical (unpaired) electrons. The number of carbonyl (C=O) groups is 2. The highest BCUT2D eigenvalue weighted by atomic mass is 16.5. The van der Waals surface area contributed by atoms with E-state index in [0.717, 1.165) is 57.8 Å². The Morgan fingerprint density at radius 1 is 0.444 bits per heavy atom. The maximum Gasteiger partial charge on any atom is 0.306 e. The average Bonchev–Trinajstić information content (AvgIpc) is 3.28. The fraction of sp³-hybridized carbons (Fsp3) is 0.930. The number of unbranched alkanes of at least 4 members (excludes halogenated alkanes) is 38. The van der Waals surface area contributed by atoms with Crippen molar-refractivity contribution in [1.29, 1.82) is 0 Å². The van der Waals surface area contributed by atoms with Crippen molar-refractivity contribution >= 4 is 11.9 Å². The molecule has 1 amide bonds. The van der Waals surface area contributed by atoms with Gasteiger partial charge in [-0.15, -0.1) is 0 Å². The van der Waals surface area contributed by atoms with Crippen LogP contribution in [0.3, 0.4) is 0 Å². The van der Waals surface area contributed by atoms with E-state index in [1.165, 1.54) is 212 Å². The number of allylic oxidation sites excluding steroid dienone is 2. The Bertz CT molecular complexity index is 955. The lowest BCUT2D eigenvalue weighted by Gasteiger charge is -2.24.